The molecule has 0 saturated carbocycles. The van der Waals surface area contributed by atoms with Gasteiger partial charge in [-0.2, -0.15) is 0 Å². The van der Waals surface area contributed by atoms with Crippen molar-refractivity contribution in [3.63, 3.8) is 0 Å². The summed E-state index contributed by atoms with van der Waals surface area (Å²) in [5, 5.41) is 0.806. The topological polar surface area (TPSA) is 9.23 Å². The summed E-state index contributed by atoms with van der Waals surface area (Å²) in [5.41, 5.74) is 2.62. The number of halogens is 2. The number of alkyl halides is 1. The molecule has 1 aliphatic heterocycles. The van der Waals surface area contributed by atoms with Crippen molar-refractivity contribution in [2.75, 3.05) is 6.61 Å². The van der Waals surface area contributed by atoms with Gasteiger partial charge in [0.15, 0.2) is 0 Å². The quantitative estimate of drug-likeness (QED) is 0.701. The third kappa shape index (κ3) is 2.48. The summed E-state index contributed by atoms with van der Waals surface area (Å²) in [6.07, 6.45) is 2.07. The first-order valence-corrected chi connectivity index (χ1v) is 7.34. The first-order chi connectivity index (χ1) is 7.95. The second kappa shape index (κ2) is 4.81. The van der Waals surface area contributed by atoms with Crippen LogP contribution in [0.25, 0.3) is 0 Å². The summed E-state index contributed by atoms with van der Waals surface area (Å²) in [6.45, 7) is 7.50. The zero-order chi connectivity index (χ0) is 12.6. The van der Waals surface area contributed by atoms with Gasteiger partial charge in [-0.25, -0.2) is 0 Å². The molecular weight excluding hydrogens is 300 g/mol. The molecule has 0 N–H and O–H groups in total. The van der Waals surface area contributed by atoms with E-state index in [0.717, 1.165) is 30.2 Å². The molecule has 94 valence electrons. The summed E-state index contributed by atoms with van der Waals surface area (Å²) in [4.78, 5) is 0.269. The van der Waals surface area contributed by atoms with Crippen molar-refractivity contribution >= 4 is 27.5 Å². The molecule has 17 heavy (non-hydrogen) atoms. The largest absolute Gasteiger partial charge is 0.493 e. The fourth-order valence-corrected chi connectivity index (χ4v) is 3.00. The number of benzene rings is 1. The first-order valence-electron chi connectivity index (χ1n) is 6.05. The summed E-state index contributed by atoms with van der Waals surface area (Å²) in [7, 11) is 0. The van der Waals surface area contributed by atoms with Gasteiger partial charge in [0.2, 0.25) is 0 Å². The van der Waals surface area contributed by atoms with Gasteiger partial charge in [0.05, 0.1) is 6.61 Å². The lowest BCUT2D eigenvalue weighted by Gasteiger charge is -2.30. The van der Waals surface area contributed by atoms with Crippen LogP contribution in [0, 0.1) is 5.41 Å². The summed E-state index contributed by atoms with van der Waals surface area (Å²) in [5.74, 6) is 1.04. The van der Waals surface area contributed by atoms with Crippen LogP contribution in [0.4, 0.5) is 0 Å². The SMILES string of the molecule is CCC(C)(C)C(Br)c1cc(Cl)cc2c1OCC2. The lowest BCUT2D eigenvalue weighted by Crippen LogP contribution is -2.17. The Morgan fingerprint density at radius 3 is 2.82 bits per heavy atom. The Kier molecular flexibility index (Phi) is 3.74. The molecule has 1 unspecified atom stereocenters. The third-order valence-electron chi connectivity index (χ3n) is 3.65. The van der Waals surface area contributed by atoms with E-state index in [2.05, 4.69) is 36.7 Å². The molecule has 0 aromatic heterocycles. The Bertz CT molecular complexity index is 428. The van der Waals surface area contributed by atoms with Crippen LogP contribution in [0.3, 0.4) is 0 Å². The molecule has 1 nitrogen and oxygen atoms in total. The van der Waals surface area contributed by atoms with Crippen LogP contribution < -0.4 is 4.74 Å². The third-order valence-corrected chi connectivity index (χ3v) is 5.60. The Hall–Kier alpha value is -0.210. The van der Waals surface area contributed by atoms with Crippen LogP contribution in [0.5, 0.6) is 5.75 Å². The maximum Gasteiger partial charge on any atom is 0.127 e. The van der Waals surface area contributed by atoms with E-state index >= 15 is 0 Å². The van der Waals surface area contributed by atoms with Crippen LogP contribution in [-0.4, -0.2) is 6.61 Å². The van der Waals surface area contributed by atoms with Gasteiger partial charge >= 0.3 is 0 Å². The fourth-order valence-electron chi connectivity index (χ4n) is 2.09. The highest BCUT2D eigenvalue weighted by atomic mass is 79.9. The van der Waals surface area contributed by atoms with Crippen molar-refractivity contribution in [2.24, 2.45) is 5.41 Å². The molecule has 2 rings (SSSR count). The lowest BCUT2D eigenvalue weighted by atomic mass is 9.82. The molecule has 0 saturated heterocycles. The number of fused-ring (bicyclic) bond motifs is 1. The number of hydrogen-bond acceptors (Lipinski definition) is 1. The molecule has 1 atom stereocenters. The Balaban J connectivity index is 2.45. The average Bonchev–Trinajstić information content (AvgIpc) is 2.74. The maximum absolute atomic E-state index is 6.19. The monoisotopic (exact) mass is 316 g/mol. The fraction of sp³-hybridized carbons (Fsp3) is 0.571. The molecule has 0 aliphatic carbocycles. The van der Waals surface area contributed by atoms with Crippen LogP contribution >= 0.6 is 27.5 Å². The van der Waals surface area contributed by atoms with E-state index in [4.69, 9.17) is 16.3 Å². The van der Waals surface area contributed by atoms with E-state index in [1.54, 1.807) is 0 Å². The van der Waals surface area contributed by atoms with Crippen LogP contribution in [0.15, 0.2) is 12.1 Å². The van der Waals surface area contributed by atoms with Gasteiger partial charge in [0, 0.05) is 21.8 Å². The molecule has 0 radical (unpaired) electrons. The molecule has 0 fully saturated rings. The van der Waals surface area contributed by atoms with Crippen molar-refractivity contribution < 1.29 is 4.74 Å². The van der Waals surface area contributed by atoms with E-state index in [0.29, 0.717) is 0 Å². The Labute approximate surface area is 117 Å². The van der Waals surface area contributed by atoms with Gasteiger partial charge in [-0.3, -0.25) is 0 Å². The predicted molar refractivity (Wildman–Crippen MR) is 76.4 cm³/mol. The molecule has 1 heterocycles. The minimum atomic E-state index is 0.185. The van der Waals surface area contributed by atoms with Gasteiger partial charge in [-0.15, -0.1) is 0 Å². The molecule has 3 heteroatoms. The minimum absolute atomic E-state index is 0.185. The number of hydrogen-bond donors (Lipinski definition) is 0. The molecule has 1 aliphatic rings. The van der Waals surface area contributed by atoms with Crippen molar-refractivity contribution in [1.29, 1.82) is 0 Å². The highest BCUT2D eigenvalue weighted by Gasteiger charge is 2.31. The van der Waals surface area contributed by atoms with Gasteiger partial charge in [0.25, 0.3) is 0 Å². The summed E-state index contributed by atoms with van der Waals surface area (Å²) >= 11 is 10.0. The van der Waals surface area contributed by atoms with Crippen molar-refractivity contribution in [3.05, 3.63) is 28.3 Å². The van der Waals surface area contributed by atoms with Crippen molar-refractivity contribution in [1.82, 2.24) is 0 Å². The molecule has 0 bridgehead atoms. The summed E-state index contributed by atoms with van der Waals surface area (Å²) in [6, 6.07) is 4.05. The number of ether oxygens (including phenoxy) is 1. The van der Waals surface area contributed by atoms with Crippen LogP contribution in [0.2, 0.25) is 5.02 Å². The second-order valence-corrected chi connectivity index (χ2v) is 6.64. The van der Waals surface area contributed by atoms with Gasteiger partial charge in [-0.05, 0) is 29.5 Å². The second-order valence-electron chi connectivity index (χ2n) is 5.29. The Morgan fingerprint density at radius 1 is 1.47 bits per heavy atom. The van der Waals surface area contributed by atoms with E-state index in [9.17, 15) is 0 Å². The number of rotatable bonds is 3. The maximum atomic E-state index is 6.19. The molecule has 0 spiro atoms. The van der Waals surface area contributed by atoms with Crippen LogP contribution in [0.1, 0.15) is 43.1 Å². The average molecular weight is 318 g/mol. The van der Waals surface area contributed by atoms with Gasteiger partial charge < -0.3 is 4.74 Å². The minimum Gasteiger partial charge on any atom is -0.493 e. The Morgan fingerprint density at radius 2 is 2.18 bits per heavy atom. The zero-order valence-corrected chi connectivity index (χ0v) is 12.9. The van der Waals surface area contributed by atoms with Gasteiger partial charge in [-0.1, -0.05) is 48.3 Å². The smallest absolute Gasteiger partial charge is 0.127 e. The molecule has 1 aromatic carbocycles. The van der Waals surface area contributed by atoms with Gasteiger partial charge in [0.1, 0.15) is 5.75 Å². The predicted octanol–water partition coefficient (Wildman–Crippen LogP) is 5.15. The van der Waals surface area contributed by atoms with E-state index in [1.807, 2.05) is 12.1 Å². The van der Waals surface area contributed by atoms with E-state index < -0.39 is 0 Å². The summed E-state index contributed by atoms with van der Waals surface area (Å²) < 4.78 is 5.76. The standard InChI is InChI=1S/C14H18BrClO/c1-4-14(2,3)13(15)11-8-10(16)7-9-5-6-17-12(9)11/h7-8,13H,4-6H2,1-3H3. The highest BCUT2D eigenvalue weighted by molar-refractivity contribution is 9.09. The highest BCUT2D eigenvalue weighted by Crippen LogP contribution is 2.48. The molecule has 1 aromatic rings. The van der Waals surface area contributed by atoms with Crippen LogP contribution in [-0.2, 0) is 6.42 Å². The molecule has 0 amide bonds. The normalized spacial score (nSPS) is 16.5. The first kappa shape index (κ1) is 13.2. The zero-order valence-electron chi connectivity index (χ0n) is 10.5. The van der Waals surface area contributed by atoms with E-state index in [-0.39, 0.29) is 10.2 Å². The van der Waals surface area contributed by atoms with E-state index in [1.165, 1.54) is 11.1 Å². The molecular formula is C14H18BrClO. The lowest BCUT2D eigenvalue weighted by molar-refractivity contribution is 0.323. The van der Waals surface area contributed by atoms with Crippen molar-refractivity contribution in [2.45, 2.75) is 38.4 Å². The van der Waals surface area contributed by atoms with Crippen molar-refractivity contribution in [3.8, 4) is 5.75 Å².